The predicted molar refractivity (Wildman–Crippen MR) is 132 cm³/mol. The number of likely N-dealkylation sites (tertiary alicyclic amines) is 1. The Hall–Kier alpha value is -2.93. The molecule has 1 aromatic carbocycles. The van der Waals surface area contributed by atoms with Gasteiger partial charge in [0.05, 0.1) is 17.7 Å². The number of amides is 1. The number of nitrogens with zero attached hydrogens (tertiary/aromatic N) is 3. The van der Waals surface area contributed by atoms with Crippen LogP contribution in [0.15, 0.2) is 24.4 Å². The molecular formula is C26H28N4O2S. The van der Waals surface area contributed by atoms with E-state index in [4.69, 9.17) is 14.7 Å². The fourth-order valence-corrected chi connectivity index (χ4v) is 6.42. The SMILES string of the molecule is COc1ccc2[nH]cc(C3CCN(C(=O)c4sc5nc(C6CC6)nc(C)c5c4C)CC3)c2c1. The number of nitrogens with one attached hydrogen (secondary N) is 1. The zero-order chi connectivity index (χ0) is 22.7. The first-order valence-corrected chi connectivity index (χ1v) is 12.6. The minimum absolute atomic E-state index is 0.141. The van der Waals surface area contributed by atoms with Crippen molar-refractivity contribution < 1.29 is 9.53 Å². The molecule has 4 aromatic rings. The number of aryl methyl sites for hydroxylation is 2. The van der Waals surface area contributed by atoms with Crippen molar-refractivity contribution in [2.75, 3.05) is 20.2 Å². The van der Waals surface area contributed by atoms with Gasteiger partial charge >= 0.3 is 0 Å². The van der Waals surface area contributed by atoms with Gasteiger partial charge in [0.15, 0.2) is 0 Å². The number of carbonyl (C=O) groups is 1. The third-order valence-electron chi connectivity index (χ3n) is 7.27. The fourth-order valence-electron chi connectivity index (χ4n) is 5.21. The number of rotatable bonds is 4. The molecule has 3 aromatic heterocycles. The molecule has 6 rings (SSSR count). The molecule has 33 heavy (non-hydrogen) atoms. The highest BCUT2D eigenvalue weighted by Gasteiger charge is 2.31. The number of hydrogen-bond donors (Lipinski definition) is 1. The molecular weight excluding hydrogens is 432 g/mol. The van der Waals surface area contributed by atoms with Crippen molar-refractivity contribution >= 4 is 38.4 Å². The van der Waals surface area contributed by atoms with Crippen LogP contribution in [0.3, 0.4) is 0 Å². The number of H-pyrrole nitrogens is 1. The average Bonchev–Trinajstić information content (AvgIpc) is 3.52. The molecule has 2 fully saturated rings. The van der Waals surface area contributed by atoms with Gasteiger partial charge < -0.3 is 14.6 Å². The van der Waals surface area contributed by atoms with Gasteiger partial charge in [0.2, 0.25) is 0 Å². The smallest absolute Gasteiger partial charge is 0.264 e. The number of ether oxygens (including phenoxy) is 1. The predicted octanol–water partition coefficient (Wildman–Crippen LogP) is 5.70. The highest BCUT2D eigenvalue weighted by Crippen LogP contribution is 2.41. The third kappa shape index (κ3) is 3.50. The van der Waals surface area contributed by atoms with E-state index in [0.717, 1.165) is 69.4 Å². The second-order valence-corrected chi connectivity index (χ2v) is 10.4. The quantitative estimate of drug-likeness (QED) is 0.424. The Morgan fingerprint density at radius 3 is 2.64 bits per heavy atom. The lowest BCUT2D eigenvalue weighted by Crippen LogP contribution is -2.37. The third-order valence-corrected chi connectivity index (χ3v) is 8.44. The van der Waals surface area contributed by atoms with Crippen LogP contribution < -0.4 is 4.74 Å². The van der Waals surface area contributed by atoms with Crippen LogP contribution in [0.1, 0.15) is 69.8 Å². The monoisotopic (exact) mass is 460 g/mol. The van der Waals surface area contributed by atoms with Gasteiger partial charge in [0.1, 0.15) is 16.4 Å². The van der Waals surface area contributed by atoms with E-state index in [9.17, 15) is 4.79 Å². The van der Waals surface area contributed by atoms with E-state index >= 15 is 0 Å². The summed E-state index contributed by atoms with van der Waals surface area (Å²) in [6.45, 7) is 5.63. The fraction of sp³-hybridized carbons (Fsp3) is 0.423. The lowest BCUT2D eigenvalue weighted by atomic mass is 9.89. The number of carbonyl (C=O) groups excluding carboxylic acids is 1. The van der Waals surface area contributed by atoms with E-state index in [1.807, 2.05) is 24.8 Å². The molecule has 0 radical (unpaired) electrons. The van der Waals surface area contributed by atoms with Crippen LogP contribution in [-0.2, 0) is 0 Å². The highest BCUT2D eigenvalue weighted by atomic mass is 32.1. The standard InChI is InChI=1S/C26H28N4O2S/c1-14-22-15(2)28-24(17-4-5-17)29-25(22)33-23(14)26(31)30-10-8-16(9-11-30)20-13-27-21-7-6-18(32-3)12-19(20)21/h6-7,12-13,16-17,27H,4-5,8-11H2,1-3H3. The second-order valence-electron chi connectivity index (χ2n) is 9.40. The number of thiophene rings is 1. The minimum Gasteiger partial charge on any atom is -0.497 e. The Morgan fingerprint density at radius 1 is 1.12 bits per heavy atom. The normalized spacial score (nSPS) is 17.2. The summed E-state index contributed by atoms with van der Waals surface area (Å²) in [6.07, 6.45) is 6.41. The summed E-state index contributed by atoms with van der Waals surface area (Å²) >= 11 is 1.54. The van der Waals surface area contributed by atoms with Crippen molar-refractivity contribution in [1.29, 1.82) is 0 Å². The zero-order valence-electron chi connectivity index (χ0n) is 19.3. The van der Waals surface area contributed by atoms with Crippen molar-refractivity contribution in [3.8, 4) is 5.75 Å². The molecule has 0 unspecified atom stereocenters. The van der Waals surface area contributed by atoms with Crippen molar-refractivity contribution in [3.05, 3.63) is 51.9 Å². The Balaban J connectivity index is 1.22. The van der Waals surface area contributed by atoms with Crippen molar-refractivity contribution in [2.45, 2.75) is 51.4 Å². The molecule has 170 valence electrons. The molecule has 4 heterocycles. The maximum Gasteiger partial charge on any atom is 0.264 e. The van der Waals surface area contributed by atoms with Crippen LogP contribution in [0.5, 0.6) is 5.75 Å². The van der Waals surface area contributed by atoms with E-state index in [0.29, 0.717) is 11.8 Å². The van der Waals surface area contributed by atoms with Crippen LogP contribution in [0.2, 0.25) is 0 Å². The summed E-state index contributed by atoms with van der Waals surface area (Å²) in [5, 5.41) is 2.29. The molecule has 1 amide bonds. The van der Waals surface area contributed by atoms with Crippen molar-refractivity contribution in [3.63, 3.8) is 0 Å². The Labute approximate surface area is 197 Å². The maximum absolute atomic E-state index is 13.5. The number of aromatic amines is 1. The first-order chi connectivity index (χ1) is 16.0. The molecule has 1 saturated carbocycles. The molecule has 2 aliphatic rings. The summed E-state index contributed by atoms with van der Waals surface area (Å²) in [4.78, 5) is 30.3. The molecule has 1 aliphatic carbocycles. The summed E-state index contributed by atoms with van der Waals surface area (Å²) in [5.74, 6) is 2.92. The van der Waals surface area contributed by atoms with Crippen molar-refractivity contribution in [1.82, 2.24) is 19.9 Å². The second kappa shape index (κ2) is 7.83. The molecule has 6 nitrogen and oxygen atoms in total. The Kier molecular flexibility index (Phi) is 4.91. The van der Waals surface area contributed by atoms with Gasteiger partial charge in [-0.25, -0.2) is 9.97 Å². The van der Waals surface area contributed by atoms with Crippen LogP contribution in [-0.4, -0.2) is 46.0 Å². The summed E-state index contributed by atoms with van der Waals surface area (Å²) < 4.78 is 5.42. The maximum atomic E-state index is 13.5. The highest BCUT2D eigenvalue weighted by molar-refractivity contribution is 7.20. The molecule has 7 heteroatoms. The van der Waals surface area contributed by atoms with Crippen LogP contribution in [0.25, 0.3) is 21.1 Å². The summed E-state index contributed by atoms with van der Waals surface area (Å²) in [5.41, 5.74) is 4.49. The zero-order valence-corrected chi connectivity index (χ0v) is 20.1. The lowest BCUT2D eigenvalue weighted by Gasteiger charge is -2.32. The number of aromatic nitrogens is 3. The number of piperidine rings is 1. The first-order valence-electron chi connectivity index (χ1n) is 11.8. The van der Waals surface area contributed by atoms with Crippen LogP contribution in [0.4, 0.5) is 0 Å². The Morgan fingerprint density at radius 2 is 1.91 bits per heavy atom. The van der Waals surface area contributed by atoms with Gasteiger partial charge in [0, 0.05) is 41.5 Å². The largest absolute Gasteiger partial charge is 0.497 e. The van der Waals surface area contributed by atoms with Gasteiger partial charge in [-0.3, -0.25) is 4.79 Å². The summed E-state index contributed by atoms with van der Waals surface area (Å²) in [6, 6.07) is 6.16. The van der Waals surface area contributed by atoms with Crippen LogP contribution >= 0.6 is 11.3 Å². The van der Waals surface area contributed by atoms with Gasteiger partial charge in [-0.1, -0.05) is 0 Å². The van der Waals surface area contributed by atoms with E-state index in [-0.39, 0.29) is 5.91 Å². The molecule has 0 bridgehead atoms. The lowest BCUT2D eigenvalue weighted by molar-refractivity contribution is 0.0717. The van der Waals surface area contributed by atoms with Gasteiger partial charge in [0.25, 0.3) is 5.91 Å². The van der Waals surface area contributed by atoms with E-state index in [1.54, 1.807) is 18.4 Å². The van der Waals surface area contributed by atoms with E-state index in [1.165, 1.54) is 23.8 Å². The number of methoxy groups -OCH3 is 1. The number of hydrogen-bond acceptors (Lipinski definition) is 5. The van der Waals surface area contributed by atoms with Gasteiger partial charge in [-0.2, -0.15) is 0 Å². The molecule has 1 saturated heterocycles. The molecule has 1 aliphatic heterocycles. The number of benzene rings is 1. The van der Waals surface area contributed by atoms with Gasteiger partial charge in [-0.05, 0) is 74.8 Å². The minimum atomic E-state index is 0.141. The summed E-state index contributed by atoms with van der Waals surface area (Å²) in [7, 11) is 1.70. The van der Waals surface area contributed by atoms with Crippen molar-refractivity contribution in [2.24, 2.45) is 0 Å². The average molecular weight is 461 g/mol. The van der Waals surface area contributed by atoms with Gasteiger partial charge in [-0.15, -0.1) is 11.3 Å². The molecule has 0 atom stereocenters. The molecule has 1 N–H and O–H groups in total. The van der Waals surface area contributed by atoms with E-state index in [2.05, 4.69) is 23.3 Å². The Bertz CT molecular complexity index is 1380. The topological polar surface area (TPSA) is 71.1 Å². The van der Waals surface area contributed by atoms with E-state index < -0.39 is 0 Å². The molecule has 0 spiro atoms. The number of fused-ring (bicyclic) bond motifs is 2. The first kappa shape index (κ1) is 20.7. The van der Waals surface area contributed by atoms with Crippen LogP contribution in [0, 0.1) is 13.8 Å².